The van der Waals surface area contributed by atoms with Gasteiger partial charge >= 0.3 is 6.03 Å². The fraction of sp³-hybridized carbons (Fsp3) is 0.480. The topological polar surface area (TPSA) is 51.3 Å². The van der Waals surface area contributed by atoms with Crippen LogP contribution in [0.2, 0.25) is 0 Å². The number of nitrogens with zero attached hydrogens (tertiary/aromatic N) is 4. The average Bonchev–Trinajstić information content (AvgIpc) is 3.30. The molecule has 7 nitrogen and oxygen atoms in total. The molecule has 2 aliphatic rings. The number of hydrogen-bond acceptors (Lipinski definition) is 5. The lowest BCUT2D eigenvalue weighted by molar-refractivity contribution is 0.200. The zero-order valence-electron chi connectivity index (χ0n) is 19.6. The lowest BCUT2D eigenvalue weighted by atomic mass is 10.1. The highest BCUT2D eigenvalue weighted by molar-refractivity contribution is 5.89. The number of rotatable bonds is 5. The molecule has 0 aliphatic carbocycles. The van der Waals surface area contributed by atoms with Crippen LogP contribution in [0.1, 0.15) is 13.3 Å². The molecule has 2 aliphatic heterocycles. The van der Waals surface area contributed by atoms with Crippen LogP contribution in [0.15, 0.2) is 48.5 Å². The first kappa shape index (κ1) is 22.3. The first-order chi connectivity index (χ1) is 15.4. The highest BCUT2D eigenvalue weighted by Gasteiger charge is 2.27. The second-order valence-corrected chi connectivity index (χ2v) is 9.02. The third-order valence-electron chi connectivity index (χ3n) is 6.70. The largest absolute Gasteiger partial charge is 0.497 e. The van der Waals surface area contributed by atoms with E-state index in [1.165, 1.54) is 12.1 Å². The van der Waals surface area contributed by atoms with Gasteiger partial charge in [-0.2, -0.15) is 0 Å². The molecular weight excluding hydrogens is 402 g/mol. The minimum absolute atomic E-state index is 0.0344. The molecule has 2 aromatic carbocycles. The van der Waals surface area contributed by atoms with E-state index in [4.69, 9.17) is 4.74 Å². The Morgan fingerprint density at radius 3 is 2.25 bits per heavy atom. The van der Waals surface area contributed by atoms with E-state index in [1.807, 2.05) is 29.2 Å². The summed E-state index contributed by atoms with van der Waals surface area (Å²) in [6, 6.07) is 17.2. The van der Waals surface area contributed by atoms with Crippen LogP contribution >= 0.6 is 0 Å². The number of nitrogens with one attached hydrogen (secondary N) is 1. The van der Waals surface area contributed by atoms with Crippen molar-refractivity contribution in [1.29, 1.82) is 0 Å². The van der Waals surface area contributed by atoms with E-state index in [-0.39, 0.29) is 12.1 Å². The molecule has 0 radical (unpaired) electrons. The smallest absolute Gasteiger partial charge is 0.321 e. The van der Waals surface area contributed by atoms with Crippen LogP contribution in [0.5, 0.6) is 5.75 Å². The van der Waals surface area contributed by atoms with Gasteiger partial charge in [-0.1, -0.05) is 0 Å². The van der Waals surface area contributed by atoms with Gasteiger partial charge in [0.25, 0.3) is 0 Å². The standard InChI is InChI=1S/C25H35N5O2/c1-19-17-29(15-16-30(19)22-9-11-24(32-4)12-10-22)25(31)26-20-5-7-21(8-6-20)28-14-13-23(18-28)27(2)3/h5-12,19,23H,13-18H2,1-4H3,(H,26,31). The maximum atomic E-state index is 12.9. The Labute approximate surface area is 191 Å². The number of carbonyl (C=O) groups excluding carboxylic acids is 1. The SMILES string of the molecule is COc1ccc(N2CCN(C(=O)Nc3ccc(N4CCC(N(C)C)C4)cc3)CC2C)cc1. The first-order valence-electron chi connectivity index (χ1n) is 11.4. The van der Waals surface area contributed by atoms with Gasteiger partial charge in [0.05, 0.1) is 7.11 Å². The Morgan fingerprint density at radius 1 is 0.969 bits per heavy atom. The molecule has 2 unspecified atom stereocenters. The molecule has 7 heteroatoms. The maximum absolute atomic E-state index is 12.9. The minimum Gasteiger partial charge on any atom is -0.497 e. The molecule has 4 rings (SSSR count). The summed E-state index contributed by atoms with van der Waals surface area (Å²) in [5.74, 6) is 0.854. The summed E-state index contributed by atoms with van der Waals surface area (Å²) < 4.78 is 5.25. The third-order valence-corrected chi connectivity index (χ3v) is 6.70. The molecule has 32 heavy (non-hydrogen) atoms. The van der Waals surface area contributed by atoms with Crippen LogP contribution in [0, 0.1) is 0 Å². The Hall–Kier alpha value is -2.93. The van der Waals surface area contributed by atoms with Gasteiger partial charge in [0.15, 0.2) is 0 Å². The van der Waals surface area contributed by atoms with Crippen LogP contribution in [0.3, 0.4) is 0 Å². The van der Waals surface area contributed by atoms with Crippen molar-refractivity contribution in [3.63, 3.8) is 0 Å². The normalized spacial score (nSPS) is 21.2. The van der Waals surface area contributed by atoms with Crippen molar-refractivity contribution in [3.8, 4) is 5.75 Å². The maximum Gasteiger partial charge on any atom is 0.321 e. The van der Waals surface area contributed by atoms with Gasteiger partial charge in [-0.05, 0) is 76.0 Å². The number of urea groups is 1. The summed E-state index contributed by atoms with van der Waals surface area (Å²) in [5, 5.41) is 3.07. The van der Waals surface area contributed by atoms with Crippen LogP contribution in [-0.2, 0) is 0 Å². The van der Waals surface area contributed by atoms with E-state index < -0.39 is 0 Å². The number of methoxy groups -OCH3 is 1. The van der Waals surface area contributed by atoms with Gasteiger partial charge in [0.2, 0.25) is 0 Å². The lowest BCUT2D eigenvalue weighted by Gasteiger charge is -2.41. The quantitative estimate of drug-likeness (QED) is 0.775. The van der Waals surface area contributed by atoms with Gasteiger partial charge in [-0.25, -0.2) is 4.79 Å². The van der Waals surface area contributed by atoms with Crippen LogP contribution in [0.25, 0.3) is 0 Å². The molecule has 0 bridgehead atoms. The van der Waals surface area contributed by atoms with E-state index in [0.29, 0.717) is 19.1 Å². The van der Waals surface area contributed by atoms with Crippen LogP contribution in [-0.4, -0.2) is 81.8 Å². The predicted octanol–water partition coefficient (Wildman–Crippen LogP) is 3.58. The Kier molecular flexibility index (Phi) is 6.74. The number of benzene rings is 2. The summed E-state index contributed by atoms with van der Waals surface area (Å²) in [7, 11) is 5.96. The number of likely N-dealkylation sites (N-methyl/N-ethyl adjacent to an activating group) is 1. The fourth-order valence-electron chi connectivity index (χ4n) is 4.66. The molecule has 172 valence electrons. The van der Waals surface area contributed by atoms with E-state index in [2.05, 4.69) is 65.3 Å². The number of hydrogen-bond donors (Lipinski definition) is 1. The molecule has 2 amide bonds. The average molecular weight is 438 g/mol. The Bertz CT molecular complexity index is 900. The second kappa shape index (κ2) is 9.69. The van der Waals surface area contributed by atoms with Crippen LogP contribution in [0.4, 0.5) is 21.9 Å². The summed E-state index contributed by atoms with van der Waals surface area (Å²) in [6.07, 6.45) is 1.19. The monoisotopic (exact) mass is 437 g/mol. The van der Waals surface area contributed by atoms with E-state index in [1.54, 1.807) is 7.11 Å². The summed E-state index contributed by atoms with van der Waals surface area (Å²) >= 11 is 0. The Morgan fingerprint density at radius 2 is 1.66 bits per heavy atom. The molecule has 0 spiro atoms. The molecule has 0 saturated carbocycles. The zero-order chi connectivity index (χ0) is 22.7. The van der Waals surface area contributed by atoms with Gasteiger partial charge in [-0.3, -0.25) is 0 Å². The lowest BCUT2D eigenvalue weighted by Crippen LogP contribution is -2.54. The van der Waals surface area contributed by atoms with Crippen molar-refractivity contribution in [1.82, 2.24) is 9.80 Å². The van der Waals surface area contributed by atoms with E-state index in [0.717, 1.165) is 36.8 Å². The third kappa shape index (κ3) is 4.93. The summed E-state index contributed by atoms with van der Waals surface area (Å²) in [5.41, 5.74) is 3.22. The van der Waals surface area contributed by atoms with Crippen molar-refractivity contribution >= 4 is 23.1 Å². The zero-order valence-corrected chi connectivity index (χ0v) is 19.6. The Balaban J connectivity index is 1.30. The van der Waals surface area contributed by atoms with Gasteiger partial charge < -0.3 is 29.7 Å². The van der Waals surface area contributed by atoms with E-state index in [9.17, 15) is 4.79 Å². The van der Waals surface area contributed by atoms with Crippen molar-refractivity contribution < 1.29 is 9.53 Å². The molecule has 2 atom stereocenters. The summed E-state index contributed by atoms with van der Waals surface area (Å²) in [4.78, 5) is 21.8. The van der Waals surface area contributed by atoms with E-state index >= 15 is 0 Å². The highest BCUT2D eigenvalue weighted by atomic mass is 16.5. The van der Waals surface area contributed by atoms with Gasteiger partial charge in [-0.15, -0.1) is 0 Å². The van der Waals surface area contributed by atoms with Gasteiger partial charge in [0.1, 0.15) is 5.75 Å². The van der Waals surface area contributed by atoms with Crippen LogP contribution < -0.4 is 19.9 Å². The van der Waals surface area contributed by atoms with Gasteiger partial charge in [0, 0.05) is 61.9 Å². The number of piperazine rings is 1. The first-order valence-corrected chi connectivity index (χ1v) is 11.4. The molecular formula is C25H35N5O2. The predicted molar refractivity (Wildman–Crippen MR) is 131 cm³/mol. The number of anilines is 3. The van der Waals surface area contributed by atoms with Crippen molar-refractivity contribution in [3.05, 3.63) is 48.5 Å². The van der Waals surface area contributed by atoms with Crippen molar-refractivity contribution in [2.24, 2.45) is 0 Å². The second-order valence-electron chi connectivity index (χ2n) is 9.02. The van der Waals surface area contributed by atoms with Crippen molar-refractivity contribution in [2.45, 2.75) is 25.4 Å². The molecule has 2 saturated heterocycles. The number of ether oxygens (including phenoxy) is 1. The molecule has 2 heterocycles. The summed E-state index contributed by atoms with van der Waals surface area (Å²) in [6.45, 7) is 6.48. The highest BCUT2D eigenvalue weighted by Crippen LogP contribution is 2.25. The molecule has 0 aromatic heterocycles. The molecule has 2 fully saturated rings. The molecule has 1 N–H and O–H groups in total. The fourth-order valence-corrected chi connectivity index (χ4v) is 4.66. The number of amides is 2. The number of carbonyl (C=O) groups is 1. The van der Waals surface area contributed by atoms with Crippen molar-refractivity contribution in [2.75, 3.05) is 69.0 Å². The molecule has 2 aromatic rings. The minimum atomic E-state index is -0.0344.